The van der Waals surface area contributed by atoms with Gasteiger partial charge in [0.2, 0.25) is 11.9 Å². The summed E-state index contributed by atoms with van der Waals surface area (Å²) in [5.41, 5.74) is 7.29. The van der Waals surface area contributed by atoms with Crippen LogP contribution in [0.5, 0.6) is 17.2 Å². The molecule has 1 aliphatic rings. The molecule has 0 unspecified atom stereocenters. The standard InChI is InChI=1S/C25H28FN5O4/c1-31(2)8-9-34-23-12-18(20-6-7-28-25(27)30-20)19(26)13-21(23)29-24(32)16-10-15-11-17(33-3)4-5-22(15)35-14-16/h4-7,11-13,16H,8-10,14H2,1-3H3,(H,29,32)(H2,27,28,30)/t16-/m1/s1. The largest absolute Gasteiger partial charge is 0.497 e. The summed E-state index contributed by atoms with van der Waals surface area (Å²) in [5.74, 6) is 0.433. The average Bonchev–Trinajstić information content (AvgIpc) is 2.84. The highest BCUT2D eigenvalue weighted by Crippen LogP contribution is 2.35. The first-order chi connectivity index (χ1) is 16.8. The first-order valence-electron chi connectivity index (χ1n) is 11.1. The second-order valence-electron chi connectivity index (χ2n) is 8.45. The molecule has 1 atom stereocenters. The summed E-state index contributed by atoms with van der Waals surface area (Å²) in [5, 5.41) is 2.82. The first kappa shape index (κ1) is 24.2. The molecule has 0 saturated heterocycles. The van der Waals surface area contributed by atoms with E-state index in [0.29, 0.717) is 36.8 Å². The molecule has 0 fully saturated rings. The van der Waals surface area contributed by atoms with Crippen LogP contribution >= 0.6 is 0 Å². The summed E-state index contributed by atoms with van der Waals surface area (Å²) in [4.78, 5) is 23.0. The quantitative estimate of drug-likeness (QED) is 0.505. The van der Waals surface area contributed by atoms with Crippen LogP contribution in [-0.2, 0) is 11.2 Å². The highest BCUT2D eigenvalue weighted by molar-refractivity contribution is 5.95. The molecule has 0 saturated carbocycles. The van der Waals surface area contributed by atoms with Crippen LogP contribution in [0, 0.1) is 11.7 Å². The Bertz CT molecular complexity index is 1220. The molecule has 0 bridgehead atoms. The molecule has 9 nitrogen and oxygen atoms in total. The van der Waals surface area contributed by atoms with Crippen LogP contribution in [0.4, 0.5) is 16.0 Å². The summed E-state index contributed by atoms with van der Waals surface area (Å²) in [6.07, 6.45) is 1.92. The second-order valence-corrected chi connectivity index (χ2v) is 8.45. The molecule has 1 aliphatic heterocycles. The summed E-state index contributed by atoms with van der Waals surface area (Å²) in [6, 6.07) is 9.80. The first-order valence-corrected chi connectivity index (χ1v) is 11.1. The van der Waals surface area contributed by atoms with E-state index in [2.05, 4.69) is 15.3 Å². The zero-order valence-electron chi connectivity index (χ0n) is 19.9. The van der Waals surface area contributed by atoms with E-state index in [9.17, 15) is 4.79 Å². The van der Waals surface area contributed by atoms with Gasteiger partial charge in [0.1, 0.15) is 36.3 Å². The normalized spacial score (nSPS) is 14.7. The number of nitrogens with one attached hydrogen (secondary N) is 1. The number of methoxy groups -OCH3 is 1. The zero-order valence-corrected chi connectivity index (χ0v) is 19.9. The van der Waals surface area contributed by atoms with Gasteiger partial charge in [-0.2, -0.15) is 0 Å². The number of nitrogens with two attached hydrogens (primary N) is 1. The second kappa shape index (κ2) is 10.6. The molecule has 0 radical (unpaired) electrons. The predicted molar refractivity (Wildman–Crippen MR) is 130 cm³/mol. The van der Waals surface area contributed by atoms with E-state index in [0.717, 1.165) is 11.3 Å². The van der Waals surface area contributed by atoms with Gasteiger partial charge in [0.15, 0.2) is 0 Å². The number of hydrogen-bond donors (Lipinski definition) is 2. The minimum Gasteiger partial charge on any atom is -0.497 e. The Morgan fingerprint density at radius 3 is 2.86 bits per heavy atom. The number of nitrogens with zero attached hydrogens (tertiary/aromatic N) is 3. The summed E-state index contributed by atoms with van der Waals surface area (Å²) in [6.45, 7) is 1.19. The minimum absolute atomic E-state index is 0.0311. The van der Waals surface area contributed by atoms with Crippen molar-refractivity contribution in [3.8, 4) is 28.5 Å². The number of carbonyl (C=O) groups excluding carboxylic acids is 1. The van der Waals surface area contributed by atoms with Gasteiger partial charge >= 0.3 is 0 Å². The third kappa shape index (κ3) is 5.78. The molecule has 0 aliphatic carbocycles. The minimum atomic E-state index is -0.576. The van der Waals surface area contributed by atoms with E-state index in [-0.39, 0.29) is 29.7 Å². The Balaban J connectivity index is 1.58. The fraction of sp³-hybridized carbons (Fsp3) is 0.320. The van der Waals surface area contributed by atoms with Gasteiger partial charge in [-0.3, -0.25) is 4.79 Å². The van der Waals surface area contributed by atoms with Crippen molar-refractivity contribution in [2.45, 2.75) is 6.42 Å². The molecule has 2 heterocycles. The van der Waals surface area contributed by atoms with Crippen molar-refractivity contribution in [2.24, 2.45) is 5.92 Å². The number of carbonyl (C=O) groups is 1. The molecule has 3 aromatic rings. The van der Waals surface area contributed by atoms with Crippen LogP contribution in [0.2, 0.25) is 0 Å². The molecule has 35 heavy (non-hydrogen) atoms. The molecular weight excluding hydrogens is 453 g/mol. The predicted octanol–water partition coefficient (Wildman–Crippen LogP) is 3.00. The van der Waals surface area contributed by atoms with Crippen LogP contribution in [0.3, 0.4) is 0 Å². The van der Waals surface area contributed by atoms with Crippen LogP contribution in [0.15, 0.2) is 42.6 Å². The van der Waals surface area contributed by atoms with Crippen molar-refractivity contribution in [1.29, 1.82) is 0 Å². The fourth-order valence-electron chi connectivity index (χ4n) is 3.73. The van der Waals surface area contributed by atoms with E-state index in [1.165, 1.54) is 18.3 Å². The van der Waals surface area contributed by atoms with Gasteiger partial charge in [-0.1, -0.05) is 0 Å². The number of nitrogen functional groups attached to an aromatic ring is 1. The lowest BCUT2D eigenvalue weighted by Crippen LogP contribution is -2.32. The number of fused-ring (bicyclic) bond motifs is 1. The molecule has 184 valence electrons. The maximum atomic E-state index is 15.1. The van der Waals surface area contributed by atoms with Crippen molar-refractivity contribution in [3.63, 3.8) is 0 Å². The summed E-state index contributed by atoms with van der Waals surface area (Å²) < 4.78 is 32.1. The number of rotatable bonds is 8. The van der Waals surface area contributed by atoms with Crippen molar-refractivity contribution >= 4 is 17.5 Å². The molecule has 1 aromatic heterocycles. The van der Waals surface area contributed by atoms with E-state index in [4.69, 9.17) is 19.9 Å². The number of ether oxygens (including phenoxy) is 3. The smallest absolute Gasteiger partial charge is 0.231 e. The lowest BCUT2D eigenvalue weighted by molar-refractivity contribution is -0.121. The van der Waals surface area contributed by atoms with Gasteiger partial charge < -0.3 is 30.2 Å². The van der Waals surface area contributed by atoms with Crippen LogP contribution < -0.4 is 25.3 Å². The number of likely N-dealkylation sites (N-methyl/N-ethyl adjacent to an activating group) is 1. The SMILES string of the molecule is COc1ccc2c(c1)C[C@@H](C(=O)Nc1cc(F)c(-c3ccnc(N)n3)cc1OCCN(C)C)CO2. The summed E-state index contributed by atoms with van der Waals surface area (Å²) in [7, 11) is 5.42. The topological polar surface area (TPSA) is 112 Å². The Morgan fingerprint density at radius 1 is 1.29 bits per heavy atom. The third-order valence-corrected chi connectivity index (χ3v) is 5.62. The summed E-state index contributed by atoms with van der Waals surface area (Å²) >= 11 is 0. The van der Waals surface area contributed by atoms with Crippen molar-refractivity contribution in [1.82, 2.24) is 14.9 Å². The fourth-order valence-corrected chi connectivity index (χ4v) is 3.73. The van der Waals surface area contributed by atoms with E-state index in [1.807, 2.05) is 37.2 Å². The number of benzene rings is 2. The van der Waals surface area contributed by atoms with E-state index < -0.39 is 11.7 Å². The number of halogens is 1. The van der Waals surface area contributed by atoms with Crippen molar-refractivity contribution in [3.05, 3.63) is 54.0 Å². The Hall–Kier alpha value is -3.92. The lowest BCUT2D eigenvalue weighted by Gasteiger charge is -2.25. The molecular formula is C25H28FN5O4. The highest BCUT2D eigenvalue weighted by Gasteiger charge is 2.27. The highest BCUT2D eigenvalue weighted by atomic mass is 19.1. The maximum Gasteiger partial charge on any atom is 0.231 e. The van der Waals surface area contributed by atoms with Gasteiger partial charge in [0, 0.05) is 24.4 Å². The number of aromatic nitrogens is 2. The Morgan fingerprint density at radius 2 is 2.11 bits per heavy atom. The lowest BCUT2D eigenvalue weighted by atomic mass is 9.95. The monoisotopic (exact) mass is 481 g/mol. The van der Waals surface area contributed by atoms with Crippen molar-refractivity contribution < 1.29 is 23.4 Å². The van der Waals surface area contributed by atoms with E-state index >= 15 is 4.39 Å². The maximum absolute atomic E-state index is 15.1. The van der Waals surface area contributed by atoms with Gasteiger partial charge in [0.05, 0.1) is 24.4 Å². The van der Waals surface area contributed by atoms with Crippen LogP contribution in [0.25, 0.3) is 11.3 Å². The number of anilines is 2. The van der Waals surface area contributed by atoms with Gasteiger partial charge in [-0.25, -0.2) is 14.4 Å². The van der Waals surface area contributed by atoms with Gasteiger partial charge in [-0.15, -0.1) is 0 Å². The zero-order chi connectivity index (χ0) is 24.9. The molecule has 3 N–H and O–H groups in total. The number of amides is 1. The molecule has 10 heteroatoms. The Labute approximate surface area is 203 Å². The Kier molecular flexibility index (Phi) is 7.31. The molecule has 0 spiro atoms. The third-order valence-electron chi connectivity index (χ3n) is 5.62. The number of hydrogen-bond acceptors (Lipinski definition) is 8. The molecule has 4 rings (SSSR count). The van der Waals surface area contributed by atoms with Gasteiger partial charge in [0.25, 0.3) is 0 Å². The van der Waals surface area contributed by atoms with Gasteiger partial charge in [-0.05, 0) is 56.4 Å². The molecule has 2 aromatic carbocycles. The molecule has 1 amide bonds. The average molecular weight is 482 g/mol. The van der Waals surface area contributed by atoms with Crippen LogP contribution in [0.1, 0.15) is 5.56 Å². The van der Waals surface area contributed by atoms with Crippen LogP contribution in [-0.4, -0.2) is 61.7 Å². The van der Waals surface area contributed by atoms with E-state index in [1.54, 1.807) is 13.2 Å². The van der Waals surface area contributed by atoms with Crippen molar-refractivity contribution in [2.75, 3.05) is 52.0 Å².